The lowest BCUT2D eigenvalue weighted by Crippen LogP contribution is -2.16. The molecule has 1 aliphatic carbocycles. The molecule has 1 aliphatic rings. The molecule has 0 saturated heterocycles. The van der Waals surface area contributed by atoms with Gasteiger partial charge in [-0.3, -0.25) is 9.78 Å². The van der Waals surface area contributed by atoms with E-state index in [9.17, 15) is 4.79 Å². The van der Waals surface area contributed by atoms with Gasteiger partial charge in [0.15, 0.2) is 0 Å². The van der Waals surface area contributed by atoms with Crippen LogP contribution in [0.15, 0.2) is 67.3 Å². The SMILES string of the molecule is O=C(O)CC1CCC(c2ccc(-c3ccc(-c4nc5c(ccc6ncncc65)[nH]4)cn3)cc2)CC1. The Morgan fingerprint density at radius 2 is 1.71 bits per heavy atom. The number of aromatic nitrogens is 5. The molecule has 0 radical (unpaired) electrons. The number of carboxylic acid groups (broad SMARTS) is 1. The van der Waals surface area contributed by atoms with E-state index in [1.807, 2.05) is 30.5 Å². The van der Waals surface area contributed by atoms with E-state index >= 15 is 0 Å². The molecule has 0 amide bonds. The van der Waals surface area contributed by atoms with Crippen LogP contribution in [0.25, 0.3) is 44.6 Å². The lowest BCUT2D eigenvalue weighted by Gasteiger charge is -2.28. The van der Waals surface area contributed by atoms with Crippen molar-refractivity contribution >= 4 is 27.9 Å². The second-order valence-electron chi connectivity index (χ2n) is 9.37. The molecular weight excluding hydrogens is 438 g/mol. The molecule has 0 bridgehead atoms. The highest BCUT2D eigenvalue weighted by Gasteiger charge is 2.24. The van der Waals surface area contributed by atoms with E-state index in [2.05, 4.69) is 39.2 Å². The van der Waals surface area contributed by atoms with Crippen molar-refractivity contribution in [2.24, 2.45) is 5.92 Å². The summed E-state index contributed by atoms with van der Waals surface area (Å²) < 4.78 is 0. The second kappa shape index (κ2) is 8.91. The maximum Gasteiger partial charge on any atom is 0.303 e. The van der Waals surface area contributed by atoms with E-state index in [0.29, 0.717) is 18.3 Å². The lowest BCUT2D eigenvalue weighted by molar-refractivity contribution is -0.138. The third-order valence-corrected chi connectivity index (χ3v) is 7.16. The monoisotopic (exact) mass is 463 g/mol. The van der Waals surface area contributed by atoms with E-state index in [1.165, 1.54) is 5.56 Å². The predicted octanol–water partition coefficient (Wildman–Crippen LogP) is 5.98. The first-order valence-corrected chi connectivity index (χ1v) is 12.0. The minimum atomic E-state index is -0.681. The Morgan fingerprint density at radius 3 is 2.46 bits per heavy atom. The molecule has 0 aliphatic heterocycles. The summed E-state index contributed by atoms with van der Waals surface area (Å²) in [4.78, 5) is 32.3. The summed E-state index contributed by atoms with van der Waals surface area (Å²) in [5.74, 6) is 0.924. The summed E-state index contributed by atoms with van der Waals surface area (Å²) in [7, 11) is 0. The highest BCUT2D eigenvalue weighted by atomic mass is 16.4. The van der Waals surface area contributed by atoms with Crippen molar-refractivity contribution in [1.29, 1.82) is 0 Å². The largest absolute Gasteiger partial charge is 0.481 e. The van der Waals surface area contributed by atoms with Crippen LogP contribution in [0, 0.1) is 5.92 Å². The van der Waals surface area contributed by atoms with Crippen molar-refractivity contribution < 1.29 is 9.90 Å². The highest BCUT2D eigenvalue weighted by Crippen LogP contribution is 2.37. The van der Waals surface area contributed by atoms with Gasteiger partial charge in [0.1, 0.15) is 12.2 Å². The number of hydrogen-bond acceptors (Lipinski definition) is 5. The summed E-state index contributed by atoms with van der Waals surface area (Å²) in [6, 6.07) is 16.7. The number of rotatable bonds is 5. The predicted molar refractivity (Wildman–Crippen MR) is 135 cm³/mol. The maximum atomic E-state index is 11.0. The molecule has 0 unspecified atom stereocenters. The van der Waals surface area contributed by atoms with Crippen LogP contribution in [-0.4, -0.2) is 36.0 Å². The Kier molecular flexibility index (Phi) is 5.45. The standard InChI is InChI=1S/C28H25N5O2/c34-26(35)13-17-1-3-18(4-2-17)19-5-7-20(8-6-19)23-10-9-21(14-30-23)28-32-25-12-11-24-22(27(25)33-28)15-29-16-31-24/h5-12,14-18H,1-4,13H2,(H,32,33)(H,34,35). The van der Waals surface area contributed by atoms with Crippen LogP contribution in [0.2, 0.25) is 0 Å². The first-order chi connectivity index (χ1) is 17.1. The van der Waals surface area contributed by atoms with E-state index in [-0.39, 0.29) is 0 Å². The van der Waals surface area contributed by atoms with Crippen LogP contribution in [0.3, 0.4) is 0 Å². The molecule has 3 heterocycles. The number of pyridine rings is 1. The van der Waals surface area contributed by atoms with Crippen LogP contribution >= 0.6 is 0 Å². The molecule has 174 valence electrons. The van der Waals surface area contributed by atoms with Gasteiger partial charge in [0.25, 0.3) is 0 Å². The minimum absolute atomic E-state index is 0.298. The van der Waals surface area contributed by atoms with Gasteiger partial charge in [0.05, 0.1) is 22.2 Å². The minimum Gasteiger partial charge on any atom is -0.481 e. The van der Waals surface area contributed by atoms with E-state index in [0.717, 1.165) is 70.3 Å². The third kappa shape index (κ3) is 4.25. The Hall–Kier alpha value is -4.13. The van der Waals surface area contributed by atoms with Crippen molar-refractivity contribution in [2.75, 3.05) is 0 Å². The topological polar surface area (TPSA) is 105 Å². The van der Waals surface area contributed by atoms with Crippen molar-refractivity contribution in [3.63, 3.8) is 0 Å². The van der Waals surface area contributed by atoms with Gasteiger partial charge in [-0.1, -0.05) is 24.3 Å². The number of nitrogens with one attached hydrogen (secondary N) is 1. The zero-order valence-electron chi connectivity index (χ0n) is 19.2. The van der Waals surface area contributed by atoms with Gasteiger partial charge >= 0.3 is 5.97 Å². The molecule has 2 N–H and O–H groups in total. The molecule has 1 saturated carbocycles. The average molecular weight is 464 g/mol. The van der Waals surface area contributed by atoms with Crippen LogP contribution < -0.4 is 0 Å². The molecule has 5 aromatic rings. The van der Waals surface area contributed by atoms with E-state index < -0.39 is 5.97 Å². The first-order valence-electron chi connectivity index (χ1n) is 12.0. The number of imidazole rings is 1. The smallest absolute Gasteiger partial charge is 0.303 e. The van der Waals surface area contributed by atoms with Gasteiger partial charge < -0.3 is 10.1 Å². The zero-order valence-corrected chi connectivity index (χ0v) is 19.2. The molecule has 6 rings (SSSR count). The fraction of sp³-hybridized carbons (Fsp3) is 0.250. The maximum absolute atomic E-state index is 11.0. The van der Waals surface area contributed by atoms with Gasteiger partial charge in [0.2, 0.25) is 0 Å². The van der Waals surface area contributed by atoms with Crippen molar-refractivity contribution in [3.05, 3.63) is 72.8 Å². The molecule has 0 atom stereocenters. The fourth-order valence-electron chi connectivity index (χ4n) is 5.24. The van der Waals surface area contributed by atoms with Crippen molar-refractivity contribution in [3.8, 4) is 22.6 Å². The van der Waals surface area contributed by atoms with E-state index in [4.69, 9.17) is 15.1 Å². The number of fused-ring (bicyclic) bond motifs is 3. The molecule has 0 spiro atoms. The number of benzene rings is 2. The zero-order chi connectivity index (χ0) is 23.8. The van der Waals surface area contributed by atoms with Crippen molar-refractivity contribution in [2.45, 2.75) is 38.0 Å². The molecule has 1 fully saturated rings. The molecule has 35 heavy (non-hydrogen) atoms. The third-order valence-electron chi connectivity index (χ3n) is 7.16. The van der Waals surface area contributed by atoms with Crippen LogP contribution in [0.5, 0.6) is 0 Å². The number of H-pyrrole nitrogens is 1. The van der Waals surface area contributed by atoms with Crippen LogP contribution in [0.1, 0.15) is 43.6 Å². The van der Waals surface area contributed by atoms with Gasteiger partial charge in [0, 0.05) is 35.3 Å². The number of carbonyl (C=O) groups is 1. The molecule has 3 aromatic heterocycles. The number of aromatic amines is 1. The number of nitrogens with zero attached hydrogens (tertiary/aromatic N) is 4. The number of aliphatic carboxylic acids is 1. The summed E-state index contributed by atoms with van der Waals surface area (Å²) in [5, 5.41) is 9.95. The molecule has 7 nitrogen and oxygen atoms in total. The van der Waals surface area contributed by atoms with Gasteiger partial charge in [-0.05, 0) is 67.3 Å². The van der Waals surface area contributed by atoms with Gasteiger partial charge in [-0.15, -0.1) is 0 Å². The summed E-state index contributed by atoms with van der Waals surface area (Å²) >= 11 is 0. The summed E-state index contributed by atoms with van der Waals surface area (Å²) in [6.07, 6.45) is 9.59. The quantitative estimate of drug-likeness (QED) is 0.332. The molecular formula is C28H25N5O2. The normalized spacial score (nSPS) is 18.2. The van der Waals surface area contributed by atoms with Gasteiger partial charge in [-0.2, -0.15) is 0 Å². The van der Waals surface area contributed by atoms with Crippen molar-refractivity contribution in [1.82, 2.24) is 24.9 Å². The van der Waals surface area contributed by atoms with Gasteiger partial charge in [-0.25, -0.2) is 15.0 Å². The lowest BCUT2D eigenvalue weighted by atomic mass is 9.77. The summed E-state index contributed by atoms with van der Waals surface area (Å²) in [6.45, 7) is 0. The average Bonchev–Trinajstić information content (AvgIpc) is 3.34. The Bertz CT molecular complexity index is 1500. The Balaban J connectivity index is 1.18. The fourth-order valence-corrected chi connectivity index (χ4v) is 5.24. The molecule has 7 heteroatoms. The molecule has 2 aromatic carbocycles. The number of carboxylic acids is 1. The van der Waals surface area contributed by atoms with Crippen LogP contribution in [0.4, 0.5) is 0 Å². The highest BCUT2D eigenvalue weighted by molar-refractivity contribution is 6.02. The first kappa shape index (κ1) is 21.4. The Labute approximate surface area is 202 Å². The summed E-state index contributed by atoms with van der Waals surface area (Å²) in [5.41, 5.74) is 6.92. The second-order valence-corrected chi connectivity index (χ2v) is 9.37. The number of hydrogen-bond donors (Lipinski definition) is 2. The van der Waals surface area contributed by atoms with E-state index in [1.54, 1.807) is 12.5 Å². The van der Waals surface area contributed by atoms with Crippen LogP contribution in [-0.2, 0) is 4.79 Å². The Morgan fingerprint density at radius 1 is 0.914 bits per heavy atom.